The van der Waals surface area contributed by atoms with E-state index in [4.69, 9.17) is 15.9 Å². The smallest absolute Gasteiger partial charge is 0.326 e. The quantitative estimate of drug-likeness (QED) is 0.188. The van der Waals surface area contributed by atoms with Crippen molar-refractivity contribution in [3.05, 3.63) is 69.5 Å². The molecule has 14 nitrogen and oxygen atoms in total. The maximum absolute atomic E-state index is 15.3. The number of nitrogens with one attached hydrogen (secondary N) is 1. The topological polar surface area (TPSA) is 224 Å². The maximum Gasteiger partial charge on any atom is 0.326 e. The molecule has 0 aliphatic heterocycles. The number of H-pyrrole nitrogens is 1. The van der Waals surface area contributed by atoms with E-state index in [0.717, 1.165) is 12.1 Å². The van der Waals surface area contributed by atoms with Crippen LogP contribution < -0.4 is 16.2 Å². The number of hydrogen-bond donors (Lipinski definition) is 5. The van der Waals surface area contributed by atoms with Crippen molar-refractivity contribution in [2.24, 2.45) is 5.73 Å². The van der Waals surface area contributed by atoms with Gasteiger partial charge in [-0.05, 0) is 55.7 Å². The van der Waals surface area contributed by atoms with Crippen molar-refractivity contribution in [3.63, 3.8) is 0 Å². The number of aromatic amines is 1. The summed E-state index contributed by atoms with van der Waals surface area (Å²) in [4.78, 5) is 81.5. The molecule has 2 aromatic carbocycles. The van der Waals surface area contributed by atoms with Gasteiger partial charge in [0.1, 0.15) is 23.7 Å². The van der Waals surface area contributed by atoms with Gasteiger partial charge in [0.15, 0.2) is 0 Å². The second kappa shape index (κ2) is 13.7. The van der Waals surface area contributed by atoms with Crippen molar-refractivity contribution >= 4 is 46.3 Å². The van der Waals surface area contributed by atoms with Crippen LogP contribution in [0.5, 0.6) is 0 Å². The molecule has 0 saturated heterocycles. The average Bonchev–Trinajstić information content (AvgIpc) is 2.93. The van der Waals surface area contributed by atoms with Crippen LogP contribution in [0.25, 0.3) is 10.9 Å². The number of halogens is 1. The molecule has 0 fully saturated rings. The number of benzene rings is 2. The van der Waals surface area contributed by atoms with Gasteiger partial charge in [-0.25, -0.2) is 14.2 Å². The lowest BCUT2D eigenvalue weighted by Crippen LogP contribution is -2.49. The highest BCUT2D eigenvalue weighted by Gasteiger charge is 2.37. The van der Waals surface area contributed by atoms with Crippen LogP contribution in [0.4, 0.5) is 10.1 Å². The number of carbonyl (C=O) groups is 5. The standard InChI is InChI=1S/C28H30FN5O9/c1-14-31-21-7-3-15(11-18(21)25(38)32-14)13-33(2)16-4-5-17(19(29)12-16)26(39)34(22(28(42)43)8-10-24(36)37)23(35)9-6-20(30)27(40)41/h3-5,7,11-12,20,22H,6,8-10,13,30H2,1-2H3,(H,36,37)(H,40,41)(H,42,43)(H,31,32,38)/t20-,22+/m0/s1. The minimum atomic E-state index is -1.96. The van der Waals surface area contributed by atoms with Gasteiger partial charge >= 0.3 is 17.9 Å². The molecule has 3 rings (SSSR count). The molecular weight excluding hydrogens is 569 g/mol. The number of anilines is 1. The van der Waals surface area contributed by atoms with Gasteiger partial charge in [0.25, 0.3) is 11.5 Å². The van der Waals surface area contributed by atoms with E-state index in [1.807, 2.05) is 0 Å². The number of rotatable bonds is 13. The molecule has 1 aromatic heterocycles. The second-order valence-electron chi connectivity index (χ2n) is 9.86. The third-order valence-electron chi connectivity index (χ3n) is 6.63. The highest BCUT2D eigenvalue weighted by Crippen LogP contribution is 2.24. The van der Waals surface area contributed by atoms with Gasteiger partial charge in [0.05, 0.1) is 16.5 Å². The van der Waals surface area contributed by atoms with Crippen LogP contribution in [0.3, 0.4) is 0 Å². The largest absolute Gasteiger partial charge is 0.481 e. The van der Waals surface area contributed by atoms with Crippen molar-refractivity contribution in [1.82, 2.24) is 14.9 Å². The Morgan fingerprint density at radius 1 is 1.00 bits per heavy atom. The lowest BCUT2D eigenvalue weighted by Gasteiger charge is -2.28. The van der Waals surface area contributed by atoms with Crippen LogP contribution in [0.1, 0.15) is 47.4 Å². The Bertz CT molecular complexity index is 1640. The average molecular weight is 600 g/mol. The molecule has 0 spiro atoms. The fourth-order valence-electron chi connectivity index (χ4n) is 4.39. The summed E-state index contributed by atoms with van der Waals surface area (Å²) < 4.78 is 15.3. The summed E-state index contributed by atoms with van der Waals surface area (Å²) >= 11 is 0. The van der Waals surface area contributed by atoms with Crippen molar-refractivity contribution < 1.29 is 43.7 Å². The van der Waals surface area contributed by atoms with Gasteiger partial charge < -0.3 is 30.9 Å². The molecule has 228 valence electrons. The third kappa shape index (κ3) is 7.97. The summed E-state index contributed by atoms with van der Waals surface area (Å²) in [6.07, 6.45) is -2.50. The Morgan fingerprint density at radius 2 is 1.70 bits per heavy atom. The number of aryl methyl sites for hydroxylation is 1. The van der Waals surface area contributed by atoms with Crippen LogP contribution in [0.15, 0.2) is 41.2 Å². The Kier molecular flexibility index (Phi) is 10.3. The van der Waals surface area contributed by atoms with Gasteiger partial charge in [-0.1, -0.05) is 6.07 Å². The molecule has 43 heavy (non-hydrogen) atoms. The summed E-state index contributed by atoms with van der Waals surface area (Å²) in [5.74, 6) is -7.65. The van der Waals surface area contributed by atoms with Crippen LogP contribution in [0.2, 0.25) is 0 Å². The molecule has 1 heterocycles. The minimum absolute atomic E-state index is 0.223. The Labute approximate surface area is 243 Å². The van der Waals surface area contributed by atoms with E-state index < -0.39 is 78.9 Å². The normalized spacial score (nSPS) is 12.4. The fourth-order valence-corrected chi connectivity index (χ4v) is 4.39. The predicted octanol–water partition coefficient (Wildman–Crippen LogP) is 1.49. The zero-order chi connectivity index (χ0) is 32.0. The number of nitrogens with zero attached hydrogens (tertiary/aromatic N) is 3. The van der Waals surface area contributed by atoms with E-state index >= 15 is 4.39 Å². The molecule has 0 bridgehead atoms. The maximum atomic E-state index is 15.3. The molecule has 0 radical (unpaired) electrons. The number of carboxylic acid groups (broad SMARTS) is 3. The molecule has 2 atom stereocenters. The van der Waals surface area contributed by atoms with E-state index in [1.165, 1.54) is 6.07 Å². The van der Waals surface area contributed by atoms with E-state index in [1.54, 1.807) is 37.1 Å². The first-order valence-electron chi connectivity index (χ1n) is 13.0. The molecular formula is C28H30FN5O9. The van der Waals surface area contributed by atoms with Gasteiger partial charge in [-0.15, -0.1) is 0 Å². The summed E-state index contributed by atoms with van der Waals surface area (Å²) in [7, 11) is 1.63. The molecule has 2 amide bonds. The van der Waals surface area contributed by atoms with Gasteiger partial charge in [0.2, 0.25) is 5.91 Å². The molecule has 0 unspecified atom stereocenters. The highest BCUT2D eigenvalue weighted by atomic mass is 19.1. The van der Waals surface area contributed by atoms with Crippen molar-refractivity contribution in [3.8, 4) is 0 Å². The zero-order valence-corrected chi connectivity index (χ0v) is 23.2. The summed E-state index contributed by atoms with van der Waals surface area (Å²) in [6, 6.07) is 5.05. The summed E-state index contributed by atoms with van der Waals surface area (Å²) in [6.45, 7) is 1.88. The lowest BCUT2D eigenvalue weighted by atomic mass is 10.0. The van der Waals surface area contributed by atoms with Crippen LogP contribution in [0, 0.1) is 12.7 Å². The number of imide groups is 1. The Balaban J connectivity index is 1.89. The number of nitrogens with two attached hydrogens (primary N) is 1. The molecule has 15 heteroatoms. The first-order chi connectivity index (χ1) is 20.2. The third-order valence-corrected chi connectivity index (χ3v) is 6.63. The molecule has 0 saturated carbocycles. The van der Waals surface area contributed by atoms with Gasteiger partial charge in [0, 0.05) is 32.1 Å². The number of hydrogen-bond acceptors (Lipinski definition) is 9. The molecule has 6 N–H and O–H groups in total. The predicted molar refractivity (Wildman–Crippen MR) is 150 cm³/mol. The zero-order valence-electron chi connectivity index (χ0n) is 23.2. The monoisotopic (exact) mass is 599 g/mol. The Morgan fingerprint density at radius 3 is 2.30 bits per heavy atom. The molecule has 3 aromatic rings. The fraction of sp³-hybridized carbons (Fsp3) is 0.321. The highest BCUT2D eigenvalue weighted by molar-refractivity contribution is 6.07. The first-order valence-corrected chi connectivity index (χ1v) is 13.0. The van der Waals surface area contributed by atoms with Crippen molar-refractivity contribution in [1.29, 1.82) is 0 Å². The van der Waals surface area contributed by atoms with Crippen molar-refractivity contribution in [2.45, 2.75) is 51.2 Å². The van der Waals surface area contributed by atoms with Gasteiger partial charge in [-0.3, -0.25) is 28.9 Å². The first kappa shape index (κ1) is 32.3. The number of carbonyl (C=O) groups excluding carboxylic acids is 2. The molecule has 0 aliphatic carbocycles. The van der Waals surface area contributed by atoms with E-state index in [-0.39, 0.29) is 17.0 Å². The second-order valence-corrected chi connectivity index (χ2v) is 9.86. The van der Waals surface area contributed by atoms with E-state index in [0.29, 0.717) is 28.0 Å². The summed E-state index contributed by atoms with van der Waals surface area (Å²) in [5.41, 5.74) is 5.96. The number of fused-ring (bicyclic) bond motifs is 1. The lowest BCUT2D eigenvalue weighted by molar-refractivity contribution is -0.149. The Hall–Kier alpha value is -5.18. The van der Waals surface area contributed by atoms with Gasteiger partial charge in [-0.2, -0.15) is 0 Å². The number of carboxylic acids is 3. The molecule has 0 aliphatic rings. The van der Waals surface area contributed by atoms with E-state index in [9.17, 15) is 33.9 Å². The number of aliphatic carboxylic acids is 3. The number of aromatic nitrogens is 2. The number of amides is 2. The van der Waals surface area contributed by atoms with Crippen molar-refractivity contribution in [2.75, 3.05) is 11.9 Å². The summed E-state index contributed by atoms with van der Waals surface area (Å²) in [5, 5.41) is 28.1. The van der Waals surface area contributed by atoms with E-state index in [2.05, 4.69) is 9.97 Å². The van der Waals surface area contributed by atoms with Crippen LogP contribution in [-0.4, -0.2) is 79.0 Å². The SMILES string of the molecule is Cc1nc2ccc(CN(C)c3ccc(C(=O)N(C(=O)CC[C@H](N)C(=O)O)[C@H](CCC(=O)O)C(=O)O)c(F)c3)cc2c(=O)[nH]1. The van der Waals surface area contributed by atoms with Crippen LogP contribution >= 0.6 is 0 Å². The van der Waals surface area contributed by atoms with Crippen LogP contribution in [-0.2, 0) is 25.7 Å². The minimum Gasteiger partial charge on any atom is -0.481 e.